The van der Waals surface area contributed by atoms with Crippen LogP contribution in [0.2, 0.25) is 0 Å². The van der Waals surface area contributed by atoms with Gasteiger partial charge in [-0.25, -0.2) is 4.98 Å². The Hall–Kier alpha value is -1.39. The molecule has 1 heterocycles. The summed E-state index contributed by atoms with van der Waals surface area (Å²) < 4.78 is 2.31. The molecule has 2 unspecified atom stereocenters. The summed E-state index contributed by atoms with van der Waals surface area (Å²) in [5.74, 6) is 1.61. The maximum absolute atomic E-state index is 5.91. The van der Waals surface area contributed by atoms with E-state index in [-0.39, 0.29) is 12.1 Å². The minimum atomic E-state index is 0.249. The van der Waals surface area contributed by atoms with Crippen molar-refractivity contribution in [2.24, 2.45) is 11.7 Å². The average molecular weight is 274 g/mol. The Balaban J connectivity index is 2.67. The number of nitrogens with zero attached hydrogens (tertiary/aromatic N) is 3. The highest BCUT2D eigenvalue weighted by Gasteiger charge is 2.26. The van der Waals surface area contributed by atoms with Gasteiger partial charge >= 0.3 is 0 Å². The first-order valence-electron chi connectivity index (χ1n) is 7.30. The van der Waals surface area contributed by atoms with E-state index in [1.54, 1.807) is 0 Å². The Morgan fingerprint density at radius 2 is 1.85 bits per heavy atom. The van der Waals surface area contributed by atoms with Crippen molar-refractivity contribution in [2.45, 2.75) is 32.9 Å². The van der Waals surface area contributed by atoms with E-state index in [0.29, 0.717) is 12.5 Å². The van der Waals surface area contributed by atoms with E-state index in [9.17, 15) is 0 Å². The largest absolute Gasteiger partial charge is 0.328 e. The molecular formula is C16H26N4. The van der Waals surface area contributed by atoms with Crippen LogP contribution >= 0.6 is 0 Å². The molecule has 2 N–H and O–H groups in total. The van der Waals surface area contributed by atoms with Gasteiger partial charge in [0.05, 0.1) is 17.1 Å². The Kier molecular flexibility index (Phi) is 4.45. The van der Waals surface area contributed by atoms with Crippen molar-refractivity contribution in [1.82, 2.24) is 14.5 Å². The quantitative estimate of drug-likeness (QED) is 0.912. The van der Waals surface area contributed by atoms with E-state index in [4.69, 9.17) is 10.7 Å². The predicted octanol–water partition coefficient (Wildman–Crippen LogP) is 2.81. The summed E-state index contributed by atoms with van der Waals surface area (Å²) in [4.78, 5) is 7.13. The first-order valence-corrected chi connectivity index (χ1v) is 7.30. The molecule has 0 fully saturated rings. The van der Waals surface area contributed by atoms with Gasteiger partial charge in [-0.3, -0.25) is 4.90 Å². The number of fused-ring (bicyclic) bond motifs is 1. The van der Waals surface area contributed by atoms with Crippen LogP contribution in [0.3, 0.4) is 0 Å². The molecule has 0 saturated heterocycles. The molecule has 2 aromatic rings. The SMILES string of the molecule is CC(C)C(c1nc2ccccc2n1C(C)CN)N(C)C. The molecular weight excluding hydrogens is 248 g/mol. The van der Waals surface area contributed by atoms with Crippen molar-refractivity contribution < 1.29 is 0 Å². The third-order valence-electron chi connectivity index (χ3n) is 3.86. The highest BCUT2D eigenvalue weighted by molar-refractivity contribution is 5.76. The standard InChI is InChI=1S/C16H26N4/c1-11(2)15(19(4)5)16-18-13-8-6-7-9-14(13)20(16)12(3)10-17/h6-9,11-12,15H,10,17H2,1-5H3. The number of para-hydroxylation sites is 2. The van der Waals surface area contributed by atoms with Crippen LogP contribution in [0, 0.1) is 5.92 Å². The summed E-state index contributed by atoms with van der Waals surface area (Å²) in [6.45, 7) is 7.25. The second-order valence-corrected chi connectivity index (χ2v) is 6.07. The maximum atomic E-state index is 5.91. The molecule has 0 saturated carbocycles. The van der Waals surface area contributed by atoms with E-state index in [1.165, 1.54) is 5.52 Å². The molecule has 0 aliphatic carbocycles. The van der Waals surface area contributed by atoms with E-state index in [0.717, 1.165) is 11.3 Å². The fraction of sp³-hybridized carbons (Fsp3) is 0.562. The molecule has 0 radical (unpaired) electrons. The number of aromatic nitrogens is 2. The molecule has 2 rings (SSSR count). The van der Waals surface area contributed by atoms with Gasteiger partial charge < -0.3 is 10.3 Å². The molecule has 4 nitrogen and oxygen atoms in total. The van der Waals surface area contributed by atoms with Crippen LogP contribution in [-0.2, 0) is 0 Å². The minimum Gasteiger partial charge on any atom is -0.328 e. The van der Waals surface area contributed by atoms with Gasteiger partial charge in [-0.2, -0.15) is 0 Å². The molecule has 0 amide bonds. The molecule has 0 spiro atoms. The van der Waals surface area contributed by atoms with Gasteiger partial charge in [-0.15, -0.1) is 0 Å². The number of benzene rings is 1. The highest BCUT2D eigenvalue weighted by atomic mass is 15.2. The topological polar surface area (TPSA) is 47.1 Å². The minimum absolute atomic E-state index is 0.249. The van der Waals surface area contributed by atoms with Crippen molar-refractivity contribution in [1.29, 1.82) is 0 Å². The van der Waals surface area contributed by atoms with Crippen molar-refractivity contribution in [3.63, 3.8) is 0 Å². The van der Waals surface area contributed by atoms with E-state index < -0.39 is 0 Å². The fourth-order valence-corrected chi connectivity index (χ4v) is 2.97. The summed E-state index contributed by atoms with van der Waals surface area (Å²) in [6.07, 6.45) is 0. The Bertz CT molecular complexity index is 563. The van der Waals surface area contributed by atoms with Crippen molar-refractivity contribution in [3.05, 3.63) is 30.1 Å². The summed E-state index contributed by atoms with van der Waals surface area (Å²) in [7, 11) is 4.23. The molecule has 0 aliphatic rings. The van der Waals surface area contributed by atoms with Crippen LogP contribution in [0.25, 0.3) is 11.0 Å². The van der Waals surface area contributed by atoms with Gasteiger partial charge in [-0.1, -0.05) is 26.0 Å². The van der Waals surface area contributed by atoms with Crippen LogP contribution in [0.15, 0.2) is 24.3 Å². The van der Waals surface area contributed by atoms with Crippen molar-refractivity contribution in [2.75, 3.05) is 20.6 Å². The van der Waals surface area contributed by atoms with Crippen molar-refractivity contribution >= 4 is 11.0 Å². The van der Waals surface area contributed by atoms with E-state index in [1.807, 2.05) is 6.07 Å². The molecule has 2 atom stereocenters. The molecule has 0 bridgehead atoms. The van der Waals surface area contributed by atoms with Gasteiger partial charge in [0.25, 0.3) is 0 Å². The van der Waals surface area contributed by atoms with Crippen LogP contribution in [0.5, 0.6) is 0 Å². The lowest BCUT2D eigenvalue weighted by Crippen LogP contribution is -2.29. The Morgan fingerprint density at radius 3 is 2.40 bits per heavy atom. The lowest BCUT2D eigenvalue weighted by molar-refractivity contribution is 0.217. The summed E-state index contributed by atoms with van der Waals surface area (Å²) >= 11 is 0. The lowest BCUT2D eigenvalue weighted by atomic mass is 10.0. The zero-order valence-electron chi connectivity index (χ0n) is 13.2. The van der Waals surface area contributed by atoms with Crippen molar-refractivity contribution in [3.8, 4) is 0 Å². The number of rotatable bonds is 5. The van der Waals surface area contributed by atoms with Gasteiger partial charge in [0.15, 0.2) is 0 Å². The Morgan fingerprint density at radius 1 is 1.20 bits per heavy atom. The Labute approximate surface area is 121 Å². The molecule has 4 heteroatoms. The monoisotopic (exact) mass is 274 g/mol. The first kappa shape index (κ1) is 15.0. The first-order chi connectivity index (χ1) is 9.47. The van der Waals surface area contributed by atoms with E-state index >= 15 is 0 Å². The van der Waals surface area contributed by atoms with Crippen LogP contribution < -0.4 is 5.73 Å². The van der Waals surface area contributed by atoms with Crippen LogP contribution in [-0.4, -0.2) is 35.1 Å². The van der Waals surface area contributed by atoms with Gasteiger partial charge in [0.2, 0.25) is 0 Å². The number of imidazole rings is 1. The van der Waals surface area contributed by atoms with Crippen LogP contribution in [0.4, 0.5) is 0 Å². The maximum Gasteiger partial charge on any atom is 0.127 e. The number of nitrogens with two attached hydrogens (primary N) is 1. The second kappa shape index (κ2) is 5.94. The molecule has 20 heavy (non-hydrogen) atoms. The van der Waals surface area contributed by atoms with Gasteiger partial charge in [0.1, 0.15) is 5.82 Å². The van der Waals surface area contributed by atoms with Gasteiger partial charge in [-0.05, 0) is 39.1 Å². The summed E-state index contributed by atoms with van der Waals surface area (Å²) in [5.41, 5.74) is 8.14. The third kappa shape index (κ3) is 2.58. The molecule has 1 aromatic carbocycles. The normalized spacial score (nSPS) is 15.2. The number of hydrogen-bond donors (Lipinski definition) is 1. The fourth-order valence-electron chi connectivity index (χ4n) is 2.97. The predicted molar refractivity (Wildman–Crippen MR) is 84.8 cm³/mol. The highest BCUT2D eigenvalue weighted by Crippen LogP contribution is 2.31. The smallest absolute Gasteiger partial charge is 0.127 e. The molecule has 110 valence electrons. The average Bonchev–Trinajstić information content (AvgIpc) is 2.75. The molecule has 0 aliphatic heterocycles. The zero-order chi connectivity index (χ0) is 14.9. The van der Waals surface area contributed by atoms with Gasteiger partial charge in [0, 0.05) is 12.6 Å². The molecule has 1 aromatic heterocycles. The zero-order valence-corrected chi connectivity index (χ0v) is 13.2. The van der Waals surface area contributed by atoms with Crippen LogP contribution in [0.1, 0.15) is 38.7 Å². The third-order valence-corrected chi connectivity index (χ3v) is 3.86. The lowest BCUT2D eigenvalue weighted by Gasteiger charge is -2.29. The summed E-state index contributed by atoms with van der Waals surface area (Å²) in [6, 6.07) is 8.84. The summed E-state index contributed by atoms with van der Waals surface area (Å²) in [5, 5.41) is 0. The second-order valence-electron chi connectivity index (χ2n) is 6.07. The van der Waals surface area contributed by atoms with E-state index in [2.05, 4.69) is 62.5 Å². The number of hydrogen-bond acceptors (Lipinski definition) is 3.